The van der Waals surface area contributed by atoms with Crippen LogP contribution in [0.5, 0.6) is 5.88 Å². The number of hydrogen-bond acceptors (Lipinski definition) is 7. The molecule has 3 N–H and O–H groups in total. The van der Waals surface area contributed by atoms with E-state index in [2.05, 4.69) is 15.4 Å². The minimum absolute atomic E-state index is 0.450. The predicted octanol–water partition coefficient (Wildman–Crippen LogP) is 0.509. The predicted molar refractivity (Wildman–Crippen MR) is 59.0 cm³/mol. The fourth-order valence-electron chi connectivity index (χ4n) is 0.873. The Kier molecular flexibility index (Phi) is 5.16. The third-order valence-corrected chi connectivity index (χ3v) is 2.10. The number of nitrogens with two attached hydrogens (primary N) is 1. The largest absolute Gasteiger partial charge is 0.475 e. The van der Waals surface area contributed by atoms with Gasteiger partial charge < -0.3 is 14.9 Å². The lowest BCUT2D eigenvalue weighted by molar-refractivity contribution is 0.143. The molecule has 0 saturated heterocycles. The minimum atomic E-state index is 0.450. The van der Waals surface area contributed by atoms with Crippen molar-refractivity contribution in [2.75, 3.05) is 32.0 Å². The number of thioether (sulfide) groups is 1. The Morgan fingerprint density at radius 1 is 1.47 bits per heavy atom. The van der Waals surface area contributed by atoms with E-state index < -0.39 is 0 Å². The number of rotatable bonds is 6. The standard InChI is InChI=1S/C8H14N4O2S/c1-13-3-4-14-7-5-6(12-9)10-8(11-7)15-2/h5H,3-4,9H2,1-2H3,(H,10,11,12). The summed E-state index contributed by atoms with van der Waals surface area (Å²) in [6.45, 7) is 0.968. The van der Waals surface area contributed by atoms with Crippen LogP contribution >= 0.6 is 11.8 Å². The Bertz CT molecular complexity index is 288. The summed E-state index contributed by atoms with van der Waals surface area (Å²) < 4.78 is 10.2. The molecule has 0 fully saturated rings. The Hall–Kier alpha value is -1.05. The molecule has 84 valence electrons. The third-order valence-electron chi connectivity index (χ3n) is 1.55. The van der Waals surface area contributed by atoms with E-state index in [1.54, 1.807) is 13.2 Å². The normalized spacial score (nSPS) is 10.1. The average molecular weight is 230 g/mol. The zero-order valence-electron chi connectivity index (χ0n) is 8.69. The van der Waals surface area contributed by atoms with Crippen LogP contribution in [0.3, 0.4) is 0 Å². The van der Waals surface area contributed by atoms with Crippen molar-refractivity contribution >= 4 is 17.6 Å². The van der Waals surface area contributed by atoms with Crippen molar-refractivity contribution in [3.05, 3.63) is 6.07 Å². The molecule has 0 aliphatic carbocycles. The first-order chi connectivity index (χ1) is 7.30. The highest BCUT2D eigenvalue weighted by Gasteiger charge is 2.03. The first-order valence-electron chi connectivity index (χ1n) is 4.31. The number of hydrogen-bond donors (Lipinski definition) is 2. The second-order valence-electron chi connectivity index (χ2n) is 2.56. The van der Waals surface area contributed by atoms with Crippen LogP contribution in [0.4, 0.5) is 5.82 Å². The summed E-state index contributed by atoms with van der Waals surface area (Å²) in [5.74, 6) is 6.28. The Balaban J connectivity index is 2.68. The molecule has 0 bridgehead atoms. The van der Waals surface area contributed by atoms with E-state index in [4.69, 9.17) is 15.3 Å². The molecule has 0 aromatic carbocycles. The van der Waals surface area contributed by atoms with Gasteiger partial charge in [-0.1, -0.05) is 11.8 Å². The van der Waals surface area contributed by atoms with Crippen LogP contribution in [0.25, 0.3) is 0 Å². The molecule has 0 saturated carbocycles. The van der Waals surface area contributed by atoms with Crippen molar-refractivity contribution in [3.8, 4) is 5.88 Å². The number of aromatic nitrogens is 2. The topological polar surface area (TPSA) is 82.3 Å². The smallest absolute Gasteiger partial charge is 0.219 e. The van der Waals surface area contributed by atoms with Gasteiger partial charge in [0.15, 0.2) is 5.16 Å². The monoisotopic (exact) mass is 230 g/mol. The van der Waals surface area contributed by atoms with E-state index in [9.17, 15) is 0 Å². The Labute approximate surface area is 92.5 Å². The summed E-state index contributed by atoms with van der Waals surface area (Å²) in [4.78, 5) is 8.25. The minimum Gasteiger partial charge on any atom is -0.475 e. The quantitative estimate of drug-likeness (QED) is 0.242. The van der Waals surface area contributed by atoms with E-state index in [-0.39, 0.29) is 0 Å². The van der Waals surface area contributed by atoms with Gasteiger partial charge in [-0.05, 0) is 6.26 Å². The van der Waals surface area contributed by atoms with Gasteiger partial charge in [0.1, 0.15) is 12.4 Å². The molecule has 6 nitrogen and oxygen atoms in total. The maximum atomic E-state index is 5.35. The van der Waals surface area contributed by atoms with Gasteiger partial charge in [-0.2, -0.15) is 4.98 Å². The van der Waals surface area contributed by atoms with Crippen molar-refractivity contribution in [2.45, 2.75) is 5.16 Å². The van der Waals surface area contributed by atoms with Gasteiger partial charge in [0.2, 0.25) is 5.88 Å². The maximum Gasteiger partial charge on any atom is 0.219 e. The lowest BCUT2D eigenvalue weighted by Gasteiger charge is -2.07. The highest BCUT2D eigenvalue weighted by molar-refractivity contribution is 7.98. The molecule has 1 aromatic heterocycles. The number of hydrazine groups is 1. The highest BCUT2D eigenvalue weighted by atomic mass is 32.2. The van der Waals surface area contributed by atoms with Gasteiger partial charge in [0.05, 0.1) is 6.61 Å². The van der Waals surface area contributed by atoms with Crippen molar-refractivity contribution in [2.24, 2.45) is 5.84 Å². The van der Waals surface area contributed by atoms with E-state index in [0.717, 1.165) is 0 Å². The fourth-order valence-corrected chi connectivity index (χ4v) is 1.24. The molecule has 0 amide bonds. The summed E-state index contributed by atoms with van der Waals surface area (Å²) in [5, 5.41) is 0.609. The lowest BCUT2D eigenvalue weighted by atomic mass is 10.5. The molecule has 0 unspecified atom stereocenters. The van der Waals surface area contributed by atoms with E-state index in [1.807, 2.05) is 6.26 Å². The second-order valence-corrected chi connectivity index (χ2v) is 3.34. The number of nitrogen functional groups attached to an aromatic ring is 1. The first kappa shape index (κ1) is 12.0. The molecule has 0 radical (unpaired) electrons. The van der Waals surface area contributed by atoms with Crippen LogP contribution in [-0.2, 0) is 4.74 Å². The summed E-state index contributed by atoms with van der Waals surface area (Å²) in [6.07, 6.45) is 1.88. The van der Waals surface area contributed by atoms with E-state index in [0.29, 0.717) is 30.1 Å². The van der Waals surface area contributed by atoms with E-state index in [1.165, 1.54) is 11.8 Å². The second kappa shape index (κ2) is 6.44. The van der Waals surface area contributed by atoms with Crippen LogP contribution in [0.1, 0.15) is 0 Å². The van der Waals surface area contributed by atoms with Crippen molar-refractivity contribution in [1.29, 1.82) is 0 Å². The van der Waals surface area contributed by atoms with E-state index >= 15 is 0 Å². The SMILES string of the molecule is COCCOc1cc(NN)nc(SC)n1. The third kappa shape index (κ3) is 3.90. The summed E-state index contributed by atoms with van der Waals surface area (Å²) in [5.41, 5.74) is 2.46. The zero-order chi connectivity index (χ0) is 11.1. The van der Waals surface area contributed by atoms with Crippen molar-refractivity contribution < 1.29 is 9.47 Å². The fraction of sp³-hybridized carbons (Fsp3) is 0.500. The number of anilines is 1. The first-order valence-corrected chi connectivity index (χ1v) is 5.54. The van der Waals surface area contributed by atoms with Crippen LogP contribution < -0.4 is 16.0 Å². The molecule has 0 spiro atoms. The maximum absolute atomic E-state index is 5.35. The van der Waals surface area contributed by atoms with Crippen LogP contribution in [0, 0.1) is 0 Å². The summed E-state index contributed by atoms with van der Waals surface area (Å²) in [7, 11) is 1.61. The van der Waals surface area contributed by atoms with Crippen molar-refractivity contribution in [3.63, 3.8) is 0 Å². The van der Waals surface area contributed by atoms with Gasteiger partial charge in [-0.3, -0.25) is 0 Å². The summed E-state index contributed by atoms with van der Waals surface area (Å²) in [6, 6.07) is 1.63. The number of methoxy groups -OCH3 is 1. The van der Waals surface area contributed by atoms with Crippen LogP contribution in [-0.4, -0.2) is 36.5 Å². The van der Waals surface area contributed by atoms with Crippen molar-refractivity contribution in [1.82, 2.24) is 9.97 Å². The number of nitrogens with one attached hydrogen (secondary N) is 1. The molecule has 7 heteroatoms. The number of nitrogens with zero attached hydrogens (tertiary/aromatic N) is 2. The van der Waals surface area contributed by atoms with Gasteiger partial charge >= 0.3 is 0 Å². The average Bonchev–Trinajstić information content (AvgIpc) is 2.29. The van der Waals surface area contributed by atoms with Gasteiger partial charge in [-0.25, -0.2) is 10.8 Å². The molecule has 0 atom stereocenters. The van der Waals surface area contributed by atoms with Crippen LogP contribution in [0.2, 0.25) is 0 Å². The molecule has 1 rings (SSSR count). The molecule has 1 aromatic rings. The molecule has 1 heterocycles. The molecule has 0 aliphatic rings. The Morgan fingerprint density at radius 2 is 2.27 bits per heavy atom. The molecule has 15 heavy (non-hydrogen) atoms. The lowest BCUT2D eigenvalue weighted by Crippen LogP contribution is -2.11. The van der Waals surface area contributed by atoms with Gasteiger partial charge in [0.25, 0.3) is 0 Å². The molecule has 0 aliphatic heterocycles. The Morgan fingerprint density at radius 3 is 2.87 bits per heavy atom. The van der Waals surface area contributed by atoms with Gasteiger partial charge in [0, 0.05) is 13.2 Å². The summed E-state index contributed by atoms with van der Waals surface area (Å²) >= 11 is 1.42. The number of ether oxygens (including phenoxy) is 2. The molecular formula is C8H14N4O2S. The molecular weight excluding hydrogens is 216 g/mol. The van der Waals surface area contributed by atoms with Crippen LogP contribution in [0.15, 0.2) is 11.2 Å². The highest BCUT2D eigenvalue weighted by Crippen LogP contribution is 2.17. The van der Waals surface area contributed by atoms with Gasteiger partial charge in [-0.15, -0.1) is 0 Å². The zero-order valence-corrected chi connectivity index (χ0v) is 9.50.